The van der Waals surface area contributed by atoms with Gasteiger partial charge in [0, 0.05) is 7.05 Å². The van der Waals surface area contributed by atoms with Crippen molar-refractivity contribution in [1.82, 2.24) is 0 Å². The number of rotatable bonds is 5. The van der Waals surface area contributed by atoms with Crippen molar-refractivity contribution < 1.29 is 26.7 Å². The van der Waals surface area contributed by atoms with E-state index in [-0.39, 0.29) is 12.2 Å². The van der Waals surface area contributed by atoms with Crippen molar-refractivity contribution >= 4 is 21.5 Å². The van der Waals surface area contributed by atoms with Crippen molar-refractivity contribution in [2.24, 2.45) is 0 Å². The number of likely N-dealkylation sites (N-methyl/N-ethyl adjacent to an activating group) is 1. The van der Waals surface area contributed by atoms with Gasteiger partial charge in [-0.15, -0.1) is 0 Å². The number of esters is 1. The molecular formula is C11H13F2NO4S. The molecule has 0 N–H and O–H groups in total. The predicted octanol–water partition coefficient (Wildman–Crippen LogP) is 1.29. The number of anilines is 1. The van der Waals surface area contributed by atoms with Crippen LogP contribution < -0.4 is 4.90 Å². The summed E-state index contributed by atoms with van der Waals surface area (Å²) in [6, 6.07) is 5.25. The lowest BCUT2D eigenvalue weighted by molar-refractivity contribution is -0.138. The van der Waals surface area contributed by atoms with Crippen LogP contribution in [0.2, 0.25) is 0 Å². The Bertz CT molecular complexity index is 560. The minimum atomic E-state index is -4.72. The van der Waals surface area contributed by atoms with Crippen molar-refractivity contribution in [1.29, 1.82) is 0 Å². The smallest absolute Gasteiger partial charge is 0.341 e. The average Bonchev–Trinajstić information content (AvgIpc) is 2.38. The summed E-state index contributed by atoms with van der Waals surface area (Å²) in [4.78, 5) is 11.8. The number of hydrogen-bond donors (Lipinski definition) is 0. The minimum absolute atomic E-state index is 0.0215. The first-order valence-corrected chi connectivity index (χ1v) is 6.74. The molecule has 0 amide bonds. The van der Waals surface area contributed by atoms with Crippen LogP contribution in [0, 0.1) is 0 Å². The second-order valence-corrected chi connectivity index (χ2v) is 5.59. The first-order valence-electron chi connectivity index (χ1n) is 5.19. The van der Waals surface area contributed by atoms with Gasteiger partial charge < -0.3 is 9.64 Å². The molecule has 0 radical (unpaired) electrons. The molecule has 0 aliphatic rings. The Balaban J connectivity index is 3.20. The van der Waals surface area contributed by atoms with Gasteiger partial charge in [0.2, 0.25) is 9.84 Å². The zero-order valence-electron chi connectivity index (χ0n) is 10.3. The molecule has 0 bridgehead atoms. The highest BCUT2D eigenvalue weighted by molar-refractivity contribution is 7.91. The summed E-state index contributed by atoms with van der Waals surface area (Å²) < 4.78 is 52.6. The van der Waals surface area contributed by atoms with Crippen LogP contribution in [-0.4, -0.2) is 40.8 Å². The quantitative estimate of drug-likeness (QED) is 0.766. The highest BCUT2D eigenvalue weighted by atomic mass is 32.2. The number of alkyl halides is 2. The molecule has 8 heteroatoms. The van der Waals surface area contributed by atoms with Gasteiger partial charge in [0.05, 0.1) is 17.7 Å². The Morgan fingerprint density at radius 1 is 1.37 bits per heavy atom. The number of para-hydroxylation sites is 1. The molecule has 0 aromatic heterocycles. The lowest BCUT2D eigenvalue weighted by Gasteiger charge is -2.20. The van der Waals surface area contributed by atoms with Crippen LogP contribution in [0.3, 0.4) is 0 Å². The molecule has 1 aromatic carbocycles. The lowest BCUT2D eigenvalue weighted by atomic mass is 10.3. The Kier molecular flexibility index (Phi) is 4.82. The first kappa shape index (κ1) is 15.4. The largest absolute Gasteiger partial charge is 0.468 e. The fourth-order valence-electron chi connectivity index (χ4n) is 1.45. The molecule has 0 aliphatic carbocycles. The Morgan fingerprint density at radius 3 is 2.47 bits per heavy atom. The van der Waals surface area contributed by atoms with E-state index < -0.39 is 26.5 Å². The highest BCUT2D eigenvalue weighted by Gasteiger charge is 2.30. The summed E-state index contributed by atoms with van der Waals surface area (Å²) in [6.07, 6.45) is 0. The van der Waals surface area contributed by atoms with Gasteiger partial charge in [0.1, 0.15) is 6.54 Å². The third-order valence-electron chi connectivity index (χ3n) is 2.41. The molecule has 0 unspecified atom stereocenters. The normalized spacial score (nSPS) is 11.4. The summed E-state index contributed by atoms with van der Waals surface area (Å²) in [5, 5.41) is 0. The van der Waals surface area contributed by atoms with E-state index >= 15 is 0 Å². The molecule has 1 aromatic rings. The number of benzene rings is 1. The van der Waals surface area contributed by atoms with Gasteiger partial charge in [-0.1, -0.05) is 12.1 Å². The number of methoxy groups -OCH3 is 1. The Morgan fingerprint density at radius 2 is 1.95 bits per heavy atom. The molecule has 0 saturated carbocycles. The molecule has 0 atom stereocenters. The number of nitrogens with zero attached hydrogens (tertiary/aromatic N) is 1. The van der Waals surface area contributed by atoms with Crippen LogP contribution in [0.4, 0.5) is 14.5 Å². The number of ether oxygens (including phenoxy) is 1. The van der Waals surface area contributed by atoms with Gasteiger partial charge in [0.25, 0.3) is 0 Å². The van der Waals surface area contributed by atoms with E-state index in [9.17, 15) is 22.0 Å². The molecule has 106 valence electrons. The topological polar surface area (TPSA) is 63.7 Å². The van der Waals surface area contributed by atoms with Crippen molar-refractivity contribution in [3.8, 4) is 0 Å². The van der Waals surface area contributed by atoms with Crippen molar-refractivity contribution in [3.63, 3.8) is 0 Å². The van der Waals surface area contributed by atoms with Crippen molar-refractivity contribution in [2.45, 2.75) is 10.7 Å². The maximum absolute atomic E-state index is 12.6. The highest BCUT2D eigenvalue weighted by Crippen LogP contribution is 2.28. The first-order chi connectivity index (χ1) is 8.80. The standard InChI is InChI=1S/C11H13F2NO4S/c1-14(7-10(15)18-2)8-5-3-4-6-9(8)19(16,17)11(12)13/h3-6,11H,7H2,1-2H3. The van der Waals surface area contributed by atoms with Crippen LogP contribution in [0.15, 0.2) is 29.2 Å². The van der Waals surface area contributed by atoms with E-state index in [1.165, 1.54) is 37.3 Å². The van der Waals surface area contributed by atoms with Crippen LogP contribution in [-0.2, 0) is 19.4 Å². The van der Waals surface area contributed by atoms with E-state index in [2.05, 4.69) is 4.74 Å². The zero-order valence-corrected chi connectivity index (χ0v) is 11.2. The summed E-state index contributed by atoms with van der Waals surface area (Å²) in [6.45, 7) is -0.244. The number of halogens is 2. The van der Waals surface area contributed by atoms with E-state index in [0.29, 0.717) is 0 Å². The molecule has 1 rings (SSSR count). The van der Waals surface area contributed by atoms with Gasteiger partial charge in [0.15, 0.2) is 0 Å². The van der Waals surface area contributed by atoms with E-state index in [1.54, 1.807) is 0 Å². The van der Waals surface area contributed by atoms with Crippen LogP contribution in [0.25, 0.3) is 0 Å². The maximum atomic E-state index is 12.6. The van der Waals surface area contributed by atoms with Crippen molar-refractivity contribution in [2.75, 3.05) is 25.6 Å². The lowest BCUT2D eigenvalue weighted by Crippen LogP contribution is -2.28. The summed E-state index contributed by atoms with van der Waals surface area (Å²) in [5.41, 5.74) is 0.0215. The molecular weight excluding hydrogens is 280 g/mol. The van der Waals surface area contributed by atoms with Gasteiger partial charge >= 0.3 is 11.7 Å². The second kappa shape index (κ2) is 5.96. The van der Waals surface area contributed by atoms with Crippen LogP contribution >= 0.6 is 0 Å². The third kappa shape index (κ3) is 3.40. The minimum Gasteiger partial charge on any atom is -0.468 e. The van der Waals surface area contributed by atoms with E-state index in [1.807, 2.05) is 0 Å². The van der Waals surface area contributed by atoms with Gasteiger partial charge in [-0.2, -0.15) is 8.78 Å². The SMILES string of the molecule is COC(=O)CN(C)c1ccccc1S(=O)(=O)C(F)F. The van der Waals surface area contributed by atoms with E-state index in [0.717, 1.165) is 6.07 Å². The van der Waals surface area contributed by atoms with Crippen molar-refractivity contribution in [3.05, 3.63) is 24.3 Å². The average molecular weight is 293 g/mol. The predicted molar refractivity (Wildman–Crippen MR) is 64.9 cm³/mol. The molecule has 19 heavy (non-hydrogen) atoms. The molecule has 0 fully saturated rings. The number of sulfone groups is 1. The summed E-state index contributed by atoms with van der Waals surface area (Å²) in [7, 11) is -2.13. The monoisotopic (exact) mass is 293 g/mol. The molecule has 0 saturated heterocycles. The fraction of sp³-hybridized carbons (Fsp3) is 0.364. The second-order valence-electron chi connectivity index (χ2n) is 3.71. The molecule has 0 spiro atoms. The number of hydrogen-bond acceptors (Lipinski definition) is 5. The van der Waals surface area contributed by atoms with Crippen LogP contribution in [0.5, 0.6) is 0 Å². The summed E-state index contributed by atoms with van der Waals surface area (Å²) >= 11 is 0. The van der Waals surface area contributed by atoms with Crippen LogP contribution in [0.1, 0.15) is 0 Å². The van der Waals surface area contributed by atoms with Gasteiger partial charge in [-0.3, -0.25) is 4.79 Å². The molecule has 0 heterocycles. The molecule has 5 nitrogen and oxygen atoms in total. The fourth-order valence-corrected chi connectivity index (χ4v) is 2.43. The number of carbonyl (C=O) groups is 1. The third-order valence-corrected chi connectivity index (χ3v) is 3.84. The Labute approximate surface area is 109 Å². The number of carbonyl (C=O) groups excluding carboxylic acids is 1. The van der Waals surface area contributed by atoms with Gasteiger partial charge in [-0.05, 0) is 12.1 Å². The summed E-state index contributed by atoms with van der Waals surface area (Å²) in [5.74, 6) is -4.12. The Hall–Kier alpha value is -1.70. The van der Waals surface area contributed by atoms with Gasteiger partial charge in [-0.25, -0.2) is 8.42 Å². The zero-order chi connectivity index (χ0) is 14.6. The maximum Gasteiger partial charge on any atom is 0.341 e. The van der Waals surface area contributed by atoms with E-state index in [4.69, 9.17) is 0 Å². The molecule has 0 aliphatic heterocycles.